The van der Waals surface area contributed by atoms with E-state index in [1.807, 2.05) is 6.07 Å². The van der Waals surface area contributed by atoms with Crippen molar-refractivity contribution in [1.29, 1.82) is 0 Å². The van der Waals surface area contributed by atoms with E-state index in [-0.39, 0.29) is 29.3 Å². The number of hydrogen-bond acceptors (Lipinski definition) is 3. The third-order valence-corrected chi connectivity index (χ3v) is 3.47. The number of nitrogens with two attached hydrogens (primary N) is 2. The Labute approximate surface area is 129 Å². The molecule has 0 amide bonds. The normalized spacial score (nSPS) is 13.8. The van der Waals surface area contributed by atoms with Gasteiger partial charge in [0.05, 0.1) is 0 Å². The molecular weight excluding hydrogens is 272 g/mol. The molecule has 1 aromatic carbocycles. The van der Waals surface area contributed by atoms with Gasteiger partial charge in [-0.3, -0.25) is 0 Å². The van der Waals surface area contributed by atoms with E-state index in [0.29, 0.717) is 12.3 Å². The van der Waals surface area contributed by atoms with Gasteiger partial charge in [-0.25, -0.2) is 0 Å². The van der Waals surface area contributed by atoms with Crippen LogP contribution < -0.4 is 11.5 Å². The third-order valence-electron chi connectivity index (χ3n) is 3.47. The molecule has 1 atom stereocenters. The summed E-state index contributed by atoms with van der Waals surface area (Å²) in [4.78, 5) is 0. The van der Waals surface area contributed by atoms with E-state index >= 15 is 0 Å². The Balaban J connectivity index is 0.00000361. The molecule has 0 bridgehead atoms. The minimum Gasteiger partial charge on any atom is -0.507 e. The summed E-state index contributed by atoms with van der Waals surface area (Å²) in [5, 5.41) is 10.5. The molecule has 0 heterocycles. The van der Waals surface area contributed by atoms with Crippen LogP contribution in [-0.2, 0) is 10.8 Å². The largest absolute Gasteiger partial charge is 0.507 e. The molecule has 1 aromatic rings. The molecule has 0 saturated carbocycles. The zero-order valence-electron chi connectivity index (χ0n) is 13.4. The van der Waals surface area contributed by atoms with Crippen molar-refractivity contribution in [3.63, 3.8) is 0 Å². The van der Waals surface area contributed by atoms with E-state index in [2.05, 4.69) is 47.6 Å². The van der Waals surface area contributed by atoms with Crippen molar-refractivity contribution in [2.45, 2.75) is 58.4 Å². The van der Waals surface area contributed by atoms with Gasteiger partial charge in [0.25, 0.3) is 0 Å². The Morgan fingerprint density at radius 3 is 1.90 bits per heavy atom. The van der Waals surface area contributed by atoms with Crippen molar-refractivity contribution in [3.05, 3.63) is 28.8 Å². The third kappa shape index (κ3) is 4.11. The summed E-state index contributed by atoms with van der Waals surface area (Å²) in [6.45, 7) is 13.1. The second-order valence-corrected chi connectivity index (χ2v) is 7.30. The number of phenols is 1. The highest BCUT2D eigenvalue weighted by Crippen LogP contribution is 2.39. The highest BCUT2D eigenvalue weighted by molar-refractivity contribution is 5.85. The molecule has 20 heavy (non-hydrogen) atoms. The number of halogens is 1. The van der Waals surface area contributed by atoms with Crippen LogP contribution in [0.3, 0.4) is 0 Å². The van der Waals surface area contributed by atoms with Gasteiger partial charge in [-0.2, -0.15) is 0 Å². The van der Waals surface area contributed by atoms with E-state index in [0.717, 1.165) is 11.1 Å². The Morgan fingerprint density at radius 1 is 1.05 bits per heavy atom. The van der Waals surface area contributed by atoms with Crippen LogP contribution >= 0.6 is 12.4 Å². The van der Waals surface area contributed by atoms with Gasteiger partial charge >= 0.3 is 0 Å². The molecule has 1 rings (SSSR count). The number of hydrogen-bond donors (Lipinski definition) is 3. The van der Waals surface area contributed by atoms with E-state index in [1.165, 1.54) is 5.56 Å². The maximum absolute atomic E-state index is 10.5. The summed E-state index contributed by atoms with van der Waals surface area (Å²) in [7, 11) is 0. The lowest BCUT2D eigenvalue weighted by molar-refractivity contribution is 0.433. The molecule has 5 N–H and O–H groups in total. The number of phenolic OH excluding ortho intramolecular Hbond substituents is 1. The Bertz CT molecular complexity index is 459. The molecule has 0 aliphatic carbocycles. The van der Waals surface area contributed by atoms with Crippen molar-refractivity contribution in [2.75, 3.05) is 6.54 Å². The van der Waals surface area contributed by atoms with Gasteiger partial charge in [0, 0.05) is 18.2 Å². The molecule has 0 spiro atoms. The SMILES string of the molecule is CC(C)(C)c1cc([C@H](N)CN)c(O)c(C(C)(C)C)c1.Cl. The molecular formula is C16H29ClN2O. The van der Waals surface area contributed by atoms with Crippen LogP contribution in [0, 0.1) is 0 Å². The topological polar surface area (TPSA) is 72.3 Å². The predicted octanol–water partition coefficient (Wildman–Crippen LogP) is 3.37. The van der Waals surface area contributed by atoms with Gasteiger partial charge in [0.15, 0.2) is 0 Å². The summed E-state index contributed by atoms with van der Waals surface area (Å²) in [5.74, 6) is 0.290. The van der Waals surface area contributed by atoms with Crippen LogP contribution in [0.2, 0.25) is 0 Å². The van der Waals surface area contributed by atoms with Crippen LogP contribution in [0.25, 0.3) is 0 Å². The molecule has 0 fully saturated rings. The smallest absolute Gasteiger partial charge is 0.124 e. The Morgan fingerprint density at radius 2 is 1.55 bits per heavy atom. The van der Waals surface area contributed by atoms with E-state index in [4.69, 9.17) is 11.5 Å². The fourth-order valence-electron chi connectivity index (χ4n) is 2.07. The number of rotatable bonds is 2. The zero-order chi connectivity index (χ0) is 15.0. The van der Waals surface area contributed by atoms with Gasteiger partial charge < -0.3 is 16.6 Å². The zero-order valence-corrected chi connectivity index (χ0v) is 14.3. The second-order valence-electron chi connectivity index (χ2n) is 7.30. The van der Waals surface area contributed by atoms with Crippen LogP contribution in [0.15, 0.2) is 12.1 Å². The number of aromatic hydroxyl groups is 1. The van der Waals surface area contributed by atoms with E-state index in [9.17, 15) is 5.11 Å². The predicted molar refractivity (Wildman–Crippen MR) is 88.7 cm³/mol. The molecule has 4 heteroatoms. The first-order chi connectivity index (χ1) is 8.48. The first kappa shape index (κ1) is 19.2. The summed E-state index contributed by atoms with van der Waals surface area (Å²) >= 11 is 0. The van der Waals surface area contributed by atoms with Crippen LogP contribution in [0.1, 0.15) is 64.3 Å². The molecule has 116 valence electrons. The lowest BCUT2D eigenvalue weighted by Gasteiger charge is -2.28. The summed E-state index contributed by atoms with van der Waals surface area (Å²) < 4.78 is 0. The highest BCUT2D eigenvalue weighted by atomic mass is 35.5. The first-order valence-electron chi connectivity index (χ1n) is 6.82. The Kier molecular flexibility index (Phi) is 6.09. The first-order valence-corrected chi connectivity index (χ1v) is 6.82. The van der Waals surface area contributed by atoms with E-state index in [1.54, 1.807) is 0 Å². The maximum Gasteiger partial charge on any atom is 0.124 e. The van der Waals surface area contributed by atoms with Crippen molar-refractivity contribution < 1.29 is 5.11 Å². The molecule has 3 nitrogen and oxygen atoms in total. The summed E-state index contributed by atoms with van der Waals surface area (Å²) in [6.07, 6.45) is 0. The van der Waals surface area contributed by atoms with Gasteiger partial charge in [0.2, 0.25) is 0 Å². The van der Waals surface area contributed by atoms with Gasteiger partial charge in [0.1, 0.15) is 5.75 Å². The van der Waals surface area contributed by atoms with Crippen LogP contribution in [0.4, 0.5) is 0 Å². The van der Waals surface area contributed by atoms with Crippen LogP contribution in [0.5, 0.6) is 5.75 Å². The van der Waals surface area contributed by atoms with Crippen molar-refractivity contribution >= 4 is 12.4 Å². The minimum absolute atomic E-state index is 0. The van der Waals surface area contributed by atoms with Gasteiger partial charge in [-0.15, -0.1) is 12.4 Å². The average molecular weight is 301 g/mol. The number of benzene rings is 1. The van der Waals surface area contributed by atoms with E-state index < -0.39 is 0 Å². The molecule has 0 saturated heterocycles. The Hall–Kier alpha value is -0.770. The lowest BCUT2D eigenvalue weighted by atomic mass is 9.78. The van der Waals surface area contributed by atoms with Gasteiger partial charge in [-0.1, -0.05) is 47.6 Å². The molecule has 0 aliphatic heterocycles. The lowest BCUT2D eigenvalue weighted by Crippen LogP contribution is -2.24. The molecule has 0 aliphatic rings. The summed E-state index contributed by atoms with van der Waals surface area (Å²) in [6, 6.07) is 3.74. The quantitative estimate of drug-likeness (QED) is 0.784. The monoisotopic (exact) mass is 300 g/mol. The van der Waals surface area contributed by atoms with Crippen LogP contribution in [-0.4, -0.2) is 11.7 Å². The molecule has 0 radical (unpaired) electrons. The second kappa shape index (κ2) is 6.33. The fraction of sp³-hybridized carbons (Fsp3) is 0.625. The molecule has 0 unspecified atom stereocenters. The maximum atomic E-state index is 10.5. The van der Waals surface area contributed by atoms with Crippen molar-refractivity contribution in [3.8, 4) is 5.75 Å². The summed E-state index contributed by atoms with van der Waals surface area (Å²) in [5.41, 5.74) is 14.4. The standard InChI is InChI=1S/C16H28N2O.ClH/c1-15(2,3)10-7-11(13(18)9-17)14(19)12(8-10)16(4,5)6;/h7-8,13,19H,9,17-18H2,1-6H3;1H/t13-;/m1./s1. The highest BCUT2D eigenvalue weighted by Gasteiger charge is 2.26. The minimum atomic E-state index is -0.330. The van der Waals surface area contributed by atoms with Gasteiger partial charge in [-0.05, 0) is 28.0 Å². The molecule has 0 aromatic heterocycles. The van der Waals surface area contributed by atoms with Crippen molar-refractivity contribution in [1.82, 2.24) is 0 Å². The fourth-order valence-corrected chi connectivity index (χ4v) is 2.07. The van der Waals surface area contributed by atoms with Crippen molar-refractivity contribution in [2.24, 2.45) is 11.5 Å². The average Bonchev–Trinajstić information content (AvgIpc) is 2.25.